The van der Waals surface area contributed by atoms with Crippen molar-refractivity contribution in [3.8, 4) is 0 Å². The van der Waals surface area contributed by atoms with Crippen molar-refractivity contribution in [2.75, 3.05) is 11.9 Å². The Balaban J connectivity index is 2.40. The summed E-state index contributed by atoms with van der Waals surface area (Å²) in [5, 5.41) is 9.23. The van der Waals surface area contributed by atoms with E-state index in [0.29, 0.717) is 0 Å². The van der Waals surface area contributed by atoms with E-state index in [0.717, 1.165) is 16.9 Å². The molecular weight excluding hydrogens is 274 g/mol. The Bertz CT molecular complexity index is 668. The molecule has 3 nitrogen and oxygen atoms in total. The summed E-state index contributed by atoms with van der Waals surface area (Å²) in [4.78, 5) is 13.0. The first-order valence-electron chi connectivity index (χ1n) is 6.24. The van der Waals surface area contributed by atoms with Crippen molar-refractivity contribution in [1.82, 2.24) is 0 Å². The second kappa shape index (κ2) is 5.55. The maximum absolute atomic E-state index is 11.0. The summed E-state index contributed by atoms with van der Waals surface area (Å²) in [5.74, 6) is -1.02. The van der Waals surface area contributed by atoms with Gasteiger partial charge in [-0.05, 0) is 43.7 Å². The average Bonchev–Trinajstić information content (AvgIpc) is 2.37. The van der Waals surface area contributed by atoms with Crippen molar-refractivity contribution >= 4 is 28.9 Å². The number of anilines is 2. The van der Waals surface area contributed by atoms with Gasteiger partial charge in [0.1, 0.15) is 0 Å². The molecular formula is C16H16ClNO2. The van der Waals surface area contributed by atoms with Gasteiger partial charge in [-0.15, -0.1) is 0 Å². The molecule has 0 aliphatic carbocycles. The van der Waals surface area contributed by atoms with Crippen LogP contribution < -0.4 is 4.90 Å². The van der Waals surface area contributed by atoms with Crippen LogP contribution in [0.25, 0.3) is 0 Å². The molecule has 0 atom stereocenters. The van der Waals surface area contributed by atoms with Crippen LogP contribution >= 0.6 is 11.6 Å². The zero-order valence-electron chi connectivity index (χ0n) is 11.6. The van der Waals surface area contributed by atoms with Crippen LogP contribution in [0.3, 0.4) is 0 Å². The SMILES string of the molecule is Cc1ccc(N(C)c2ccc(C(=O)O)c(Cl)c2)c(C)c1. The van der Waals surface area contributed by atoms with Crippen LogP contribution in [0, 0.1) is 13.8 Å². The van der Waals surface area contributed by atoms with E-state index in [4.69, 9.17) is 16.7 Å². The lowest BCUT2D eigenvalue weighted by atomic mass is 10.1. The molecule has 0 fully saturated rings. The molecule has 20 heavy (non-hydrogen) atoms. The molecule has 2 rings (SSSR count). The number of aryl methyl sites for hydroxylation is 2. The van der Waals surface area contributed by atoms with E-state index in [1.165, 1.54) is 11.6 Å². The number of hydrogen-bond acceptors (Lipinski definition) is 2. The smallest absolute Gasteiger partial charge is 0.337 e. The van der Waals surface area contributed by atoms with Gasteiger partial charge in [-0.25, -0.2) is 4.79 Å². The number of benzene rings is 2. The number of carboxylic acids is 1. The van der Waals surface area contributed by atoms with Crippen LogP contribution in [-0.2, 0) is 0 Å². The number of carboxylic acid groups (broad SMARTS) is 1. The molecule has 2 aromatic carbocycles. The molecule has 0 heterocycles. The van der Waals surface area contributed by atoms with Crippen molar-refractivity contribution in [3.05, 3.63) is 58.1 Å². The lowest BCUT2D eigenvalue weighted by Crippen LogP contribution is -2.11. The molecule has 0 saturated heterocycles. The minimum atomic E-state index is -1.02. The molecule has 0 amide bonds. The second-order valence-electron chi connectivity index (χ2n) is 4.82. The standard InChI is InChI=1S/C16H16ClNO2/c1-10-4-7-15(11(2)8-10)18(3)12-5-6-13(16(19)20)14(17)9-12/h4-9H,1-3H3,(H,19,20). The molecule has 104 valence electrons. The summed E-state index contributed by atoms with van der Waals surface area (Å²) in [5.41, 5.74) is 4.40. The highest BCUT2D eigenvalue weighted by Crippen LogP contribution is 2.30. The molecule has 0 bridgehead atoms. The van der Waals surface area contributed by atoms with Gasteiger partial charge in [0.25, 0.3) is 0 Å². The molecule has 2 aromatic rings. The summed E-state index contributed by atoms with van der Waals surface area (Å²) < 4.78 is 0. The first-order chi connectivity index (χ1) is 9.40. The molecule has 1 N–H and O–H groups in total. The summed E-state index contributed by atoms with van der Waals surface area (Å²) in [6, 6.07) is 11.2. The Labute approximate surface area is 123 Å². The van der Waals surface area contributed by atoms with Crippen molar-refractivity contribution < 1.29 is 9.90 Å². The van der Waals surface area contributed by atoms with Gasteiger partial charge in [-0.1, -0.05) is 29.3 Å². The number of aromatic carboxylic acids is 1. The zero-order valence-corrected chi connectivity index (χ0v) is 12.4. The Morgan fingerprint density at radius 2 is 1.85 bits per heavy atom. The number of carbonyl (C=O) groups is 1. The van der Waals surface area contributed by atoms with Gasteiger partial charge in [0, 0.05) is 18.4 Å². The largest absolute Gasteiger partial charge is 0.478 e. The van der Waals surface area contributed by atoms with E-state index in [-0.39, 0.29) is 10.6 Å². The molecule has 0 aromatic heterocycles. The zero-order chi connectivity index (χ0) is 14.9. The molecule has 0 spiro atoms. The third-order valence-electron chi connectivity index (χ3n) is 3.28. The quantitative estimate of drug-likeness (QED) is 0.909. The van der Waals surface area contributed by atoms with E-state index in [9.17, 15) is 4.79 Å². The molecule has 0 unspecified atom stereocenters. The fourth-order valence-corrected chi connectivity index (χ4v) is 2.46. The van der Waals surface area contributed by atoms with E-state index >= 15 is 0 Å². The Hall–Kier alpha value is -2.00. The highest BCUT2D eigenvalue weighted by Gasteiger charge is 2.12. The van der Waals surface area contributed by atoms with Gasteiger partial charge < -0.3 is 10.0 Å². The number of hydrogen-bond donors (Lipinski definition) is 1. The Kier molecular flexibility index (Phi) is 4.00. The number of nitrogens with zero attached hydrogens (tertiary/aromatic N) is 1. The van der Waals surface area contributed by atoms with Gasteiger partial charge in [0.05, 0.1) is 10.6 Å². The summed E-state index contributed by atoms with van der Waals surface area (Å²) in [6.45, 7) is 4.10. The van der Waals surface area contributed by atoms with Gasteiger partial charge >= 0.3 is 5.97 Å². The van der Waals surface area contributed by atoms with E-state index in [2.05, 4.69) is 13.0 Å². The van der Waals surface area contributed by atoms with Crippen molar-refractivity contribution in [1.29, 1.82) is 0 Å². The van der Waals surface area contributed by atoms with Gasteiger partial charge in [-0.3, -0.25) is 0 Å². The van der Waals surface area contributed by atoms with E-state index in [1.807, 2.05) is 31.0 Å². The highest BCUT2D eigenvalue weighted by atomic mass is 35.5. The topological polar surface area (TPSA) is 40.5 Å². The van der Waals surface area contributed by atoms with Crippen molar-refractivity contribution in [2.24, 2.45) is 0 Å². The predicted octanol–water partition coefficient (Wildman–Crippen LogP) is 4.42. The maximum atomic E-state index is 11.0. The molecule has 0 saturated carbocycles. The van der Waals surface area contributed by atoms with Gasteiger partial charge in [0.2, 0.25) is 0 Å². The highest BCUT2D eigenvalue weighted by molar-refractivity contribution is 6.33. The lowest BCUT2D eigenvalue weighted by molar-refractivity contribution is 0.0697. The number of halogens is 1. The fraction of sp³-hybridized carbons (Fsp3) is 0.188. The molecule has 0 aliphatic rings. The molecule has 0 radical (unpaired) electrons. The Morgan fingerprint density at radius 3 is 2.40 bits per heavy atom. The predicted molar refractivity (Wildman–Crippen MR) is 82.4 cm³/mol. The third kappa shape index (κ3) is 2.78. The Morgan fingerprint density at radius 1 is 1.15 bits per heavy atom. The van der Waals surface area contributed by atoms with Crippen LogP contribution in [0.4, 0.5) is 11.4 Å². The van der Waals surface area contributed by atoms with Crippen LogP contribution in [0.5, 0.6) is 0 Å². The second-order valence-corrected chi connectivity index (χ2v) is 5.23. The van der Waals surface area contributed by atoms with Crippen LogP contribution in [0.15, 0.2) is 36.4 Å². The lowest BCUT2D eigenvalue weighted by Gasteiger charge is -2.22. The molecule has 0 aliphatic heterocycles. The van der Waals surface area contributed by atoms with Gasteiger partial charge in [-0.2, -0.15) is 0 Å². The van der Waals surface area contributed by atoms with Gasteiger partial charge in [0.15, 0.2) is 0 Å². The summed E-state index contributed by atoms with van der Waals surface area (Å²) >= 11 is 6.01. The van der Waals surface area contributed by atoms with Crippen LogP contribution in [-0.4, -0.2) is 18.1 Å². The molecule has 4 heteroatoms. The normalized spacial score (nSPS) is 10.4. The maximum Gasteiger partial charge on any atom is 0.337 e. The number of rotatable bonds is 3. The average molecular weight is 290 g/mol. The third-order valence-corrected chi connectivity index (χ3v) is 3.60. The summed E-state index contributed by atoms with van der Waals surface area (Å²) in [6.07, 6.45) is 0. The minimum absolute atomic E-state index is 0.115. The minimum Gasteiger partial charge on any atom is -0.478 e. The van der Waals surface area contributed by atoms with Crippen molar-refractivity contribution in [2.45, 2.75) is 13.8 Å². The fourth-order valence-electron chi connectivity index (χ4n) is 2.21. The summed E-state index contributed by atoms with van der Waals surface area (Å²) in [7, 11) is 1.93. The van der Waals surface area contributed by atoms with E-state index < -0.39 is 5.97 Å². The first-order valence-corrected chi connectivity index (χ1v) is 6.62. The van der Waals surface area contributed by atoms with Crippen molar-refractivity contribution in [3.63, 3.8) is 0 Å². The van der Waals surface area contributed by atoms with Crippen LogP contribution in [0.1, 0.15) is 21.5 Å². The van der Waals surface area contributed by atoms with Crippen LogP contribution in [0.2, 0.25) is 5.02 Å². The first kappa shape index (κ1) is 14.4. The monoisotopic (exact) mass is 289 g/mol. The van der Waals surface area contributed by atoms with E-state index in [1.54, 1.807) is 12.1 Å².